The van der Waals surface area contributed by atoms with Gasteiger partial charge in [0.25, 0.3) is 0 Å². The molecule has 0 atom stereocenters. The van der Waals surface area contributed by atoms with E-state index in [1.807, 2.05) is 4.57 Å². The van der Waals surface area contributed by atoms with Crippen molar-refractivity contribution in [3.63, 3.8) is 0 Å². The molecular formula is C26H30Cl2FN7. The number of aromatic nitrogens is 2. The van der Waals surface area contributed by atoms with Crippen molar-refractivity contribution in [1.29, 1.82) is 0 Å². The van der Waals surface area contributed by atoms with Gasteiger partial charge in [-0.2, -0.15) is 0 Å². The number of anilines is 1. The summed E-state index contributed by atoms with van der Waals surface area (Å²) in [5, 5.41) is 4.00. The number of nitrogens with one attached hydrogen (secondary N) is 1. The van der Waals surface area contributed by atoms with Gasteiger partial charge in [0, 0.05) is 44.3 Å². The van der Waals surface area contributed by atoms with Gasteiger partial charge in [-0.1, -0.05) is 54.0 Å². The maximum absolute atomic E-state index is 13.9. The molecular weight excluding hydrogens is 500 g/mol. The number of imidazole rings is 1. The third-order valence-corrected chi connectivity index (χ3v) is 6.94. The van der Waals surface area contributed by atoms with Gasteiger partial charge in [0.05, 0.1) is 21.8 Å². The van der Waals surface area contributed by atoms with Crippen LogP contribution in [0.3, 0.4) is 0 Å². The summed E-state index contributed by atoms with van der Waals surface area (Å²) in [4.78, 5) is 11.5. The molecule has 36 heavy (non-hydrogen) atoms. The van der Waals surface area contributed by atoms with E-state index in [4.69, 9.17) is 39.7 Å². The van der Waals surface area contributed by atoms with Crippen LogP contribution in [0.1, 0.15) is 30.1 Å². The number of benzene rings is 2. The van der Waals surface area contributed by atoms with E-state index in [1.165, 1.54) is 6.07 Å². The lowest BCUT2D eigenvalue weighted by atomic mass is 10.0. The molecule has 1 aliphatic rings. The quantitative estimate of drug-likeness (QED) is 0.344. The lowest BCUT2D eigenvalue weighted by molar-refractivity contribution is 0.192. The second kappa shape index (κ2) is 11.9. The fourth-order valence-electron chi connectivity index (χ4n) is 4.42. The summed E-state index contributed by atoms with van der Waals surface area (Å²) in [6, 6.07) is 12.0. The van der Waals surface area contributed by atoms with Crippen LogP contribution in [-0.2, 0) is 6.54 Å². The van der Waals surface area contributed by atoms with Crippen LogP contribution in [0.15, 0.2) is 59.9 Å². The Kier molecular flexibility index (Phi) is 8.64. The highest BCUT2D eigenvalue weighted by Gasteiger charge is 2.28. The topological polar surface area (TPSA) is 97.5 Å². The van der Waals surface area contributed by atoms with Crippen molar-refractivity contribution >= 4 is 35.2 Å². The number of rotatable bonds is 9. The van der Waals surface area contributed by atoms with E-state index in [9.17, 15) is 4.39 Å². The fraction of sp³-hybridized carbons (Fsp3) is 0.308. The molecule has 0 spiro atoms. The minimum atomic E-state index is -0.288. The summed E-state index contributed by atoms with van der Waals surface area (Å²) in [6.07, 6.45) is 3.34. The smallest absolute Gasteiger partial charge is 0.145 e. The molecule has 0 saturated carbocycles. The van der Waals surface area contributed by atoms with E-state index >= 15 is 0 Å². The summed E-state index contributed by atoms with van der Waals surface area (Å²) in [5.41, 5.74) is 14.0. The van der Waals surface area contributed by atoms with Crippen molar-refractivity contribution in [2.24, 2.45) is 10.7 Å². The van der Waals surface area contributed by atoms with Crippen molar-refractivity contribution in [3.8, 4) is 11.4 Å². The van der Waals surface area contributed by atoms with Crippen LogP contribution in [0.4, 0.5) is 10.2 Å². The predicted octanol–water partition coefficient (Wildman–Crippen LogP) is 4.85. The third kappa shape index (κ3) is 5.90. The standard InChI is InChI=1S/C26H30Cl2FN7/c1-17(32-15-18-5-2-3-8-22(18)29)33-16-23-25(31)36(19-9-12-35(13-10-19)14-11-30)26(34-23)24-20(27)6-4-7-21(24)28/h2-8,16,19,32H,1,9-15,30-31H2/b33-16-. The zero-order chi connectivity index (χ0) is 25.7. The molecule has 5 N–H and O–H groups in total. The minimum Gasteiger partial charge on any atom is -0.383 e. The Labute approximate surface area is 220 Å². The van der Waals surface area contributed by atoms with Crippen LogP contribution in [0.5, 0.6) is 0 Å². The van der Waals surface area contributed by atoms with E-state index in [-0.39, 0.29) is 18.4 Å². The Morgan fingerprint density at radius 3 is 2.53 bits per heavy atom. The highest BCUT2D eigenvalue weighted by Crippen LogP contribution is 2.39. The van der Waals surface area contributed by atoms with Crippen molar-refractivity contribution in [2.75, 3.05) is 31.9 Å². The molecule has 1 saturated heterocycles. The Morgan fingerprint density at radius 2 is 1.86 bits per heavy atom. The molecule has 0 bridgehead atoms. The number of hydrogen-bond acceptors (Lipinski definition) is 6. The van der Waals surface area contributed by atoms with Crippen LogP contribution in [0.25, 0.3) is 11.4 Å². The zero-order valence-electron chi connectivity index (χ0n) is 19.9. The van der Waals surface area contributed by atoms with Gasteiger partial charge in [0.1, 0.15) is 29.0 Å². The first-order valence-corrected chi connectivity index (χ1v) is 12.6. The Morgan fingerprint density at radius 1 is 1.17 bits per heavy atom. The first-order valence-electron chi connectivity index (χ1n) is 11.8. The lowest BCUT2D eigenvalue weighted by Crippen LogP contribution is -2.38. The molecule has 0 aliphatic carbocycles. The van der Waals surface area contributed by atoms with Crippen LogP contribution in [0, 0.1) is 5.82 Å². The summed E-state index contributed by atoms with van der Waals surface area (Å²) in [7, 11) is 0. The number of halogens is 3. The van der Waals surface area contributed by atoms with Crippen LogP contribution < -0.4 is 16.8 Å². The number of aliphatic imine (C=N–C) groups is 1. The third-order valence-electron chi connectivity index (χ3n) is 6.31. The predicted molar refractivity (Wildman–Crippen MR) is 146 cm³/mol. The van der Waals surface area contributed by atoms with Gasteiger partial charge >= 0.3 is 0 Å². The van der Waals surface area contributed by atoms with Gasteiger partial charge < -0.3 is 26.3 Å². The molecule has 190 valence electrons. The SMILES string of the molecule is C=C(/N=C\c1nc(-c2c(Cl)cccc2Cl)n(C2CCN(CCN)CC2)c1N)NCc1ccccc1F. The molecule has 4 rings (SSSR count). The van der Waals surface area contributed by atoms with E-state index in [0.29, 0.717) is 50.9 Å². The van der Waals surface area contributed by atoms with E-state index in [1.54, 1.807) is 42.6 Å². The monoisotopic (exact) mass is 529 g/mol. The summed E-state index contributed by atoms with van der Waals surface area (Å²) in [5.74, 6) is 1.15. The molecule has 3 aromatic rings. The average molecular weight is 530 g/mol. The Hall–Kier alpha value is -2.91. The first kappa shape index (κ1) is 26.2. The van der Waals surface area contributed by atoms with E-state index in [0.717, 1.165) is 32.5 Å². The normalized spacial score (nSPS) is 15.0. The highest BCUT2D eigenvalue weighted by molar-refractivity contribution is 6.39. The van der Waals surface area contributed by atoms with Crippen molar-refractivity contribution in [3.05, 3.63) is 82.0 Å². The van der Waals surface area contributed by atoms with Gasteiger partial charge in [0.2, 0.25) is 0 Å². The molecule has 1 aliphatic heterocycles. The van der Waals surface area contributed by atoms with Gasteiger partial charge in [-0.05, 0) is 31.0 Å². The Bertz CT molecular complexity index is 1230. The molecule has 0 unspecified atom stereocenters. The second-order valence-electron chi connectivity index (χ2n) is 8.68. The fourth-order valence-corrected chi connectivity index (χ4v) is 4.99. The van der Waals surface area contributed by atoms with Gasteiger partial charge in [-0.3, -0.25) is 0 Å². The summed E-state index contributed by atoms with van der Waals surface area (Å²) in [6.45, 7) is 7.50. The lowest BCUT2D eigenvalue weighted by Gasteiger charge is -2.33. The number of piperidine rings is 1. The molecule has 0 amide bonds. The van der Waals surface area contributed by atoms with Crippen molar-refractivity contribution in [2.45, 2.75) is 25.4 Å². The van der Waals surface area contributed by atoms with Gasteiger partial charge in [0.15, 0.2) is 0 Å². The molecule has 1 aromatic heterocycles. The molecule has 1 fully saturated rings. The van der Waals surface area contributed by atoms with Gasteiger partial charge in [-0.15, -0.1) is 0 Å². The van der Waals surface area contributed by atoms with Crippen LogP contribution in [0.2, 0.25) is 10.0 Å². The van der Waals surface area contributed by atoms with Crippen molar-refractivity contribution < 1.29 is 4.39 Å². The second-order valence-corrected chi connectivity index (χ2v) is 9.50. The average Bonchev–Trinajstić information content (AvgIpc) is 3.18. The summed E-state index contributed by atoms with van der Waals surface area (Å²) >= 11 is 13.1. The molecule has 0 radical (unpaired) electrons. The minimum absolute atomic E-state index is 0.124. The van der Waals surface area contributed by atoms with E-state index < -0.39 is 0 Å². The van der Waals surface area contributed by atoms with Crippen molar-refractivity contribution in [1.82, 2.24) is 19.8 Å². The highest BCUT2D eigenvalue weighted by atomic mass is 35.5. The maximum Gasteiger partial charge on any atom is 0.145 e. The Balaban J connectivity index is 1.61. The number of likely N-dealkylation sites (tertiary alicyclic amines) is 1. The number of hydrogen-bond donors (Lipinski definition) is 3. The van der Waals surface area contributed by atoms with Gasteiger partial charge in [-0.25, -0.2) is 14.4 Å². The number of nitrogens with two attached hydrogens (primary N) is 2. The molecule has 2 heterocycles. The zero-order valence-corrected chi connectivity index (χ0v) is 21.4. The van der Waals surface area contributed by atoms with Crippen LogP contribution >= 0.6 is 23.2 Å². The molecule has 10 heteroatoms. The van der Waals surface area contributed by atoms with E-state index in [2.05, 4.69) is 21.8 Å². The maximum atomic E-state index is 13.9. The first-order chi connectivity index (χ1) is 17.4. The number of nitrogen functional groups attached to an aromatic ring is 1. The number of nitrogens with zero attached hydrogens (tertiary/aromatic N) is 4. The largest absolute Gasteiger partial charge is 0.383 e. The molecule has 2 aromatic carbocycles. The summed E-state index contributed by atoms with van der Waals surface area (Å²) < 4.78 is 15.9. The molecule has 7 nitrogen and oxygen atoms in total. The van der Waals surface area contributed by atoms with Crippen LogP contribution in [-0.4, -0.2) is 46.8 Å².